The number of hydrogen-bond donors (Lipinski definition) is 1. The molecule has 6 heteroatoms. The van der Waals surface area contributed by atoms with Crippen LogP contribution in [0.5, 0.6) is 5.75 Å². The molecule has 0 saturated carbocycles. The van der Waals surface area contributed by atoms with Crippen molar-refractivity contribution in [1.29, 1.82) is 0 Å². The molecule has 104 valence electrons. The van der Waals surface area contributed by atoms with Gasteiger partial charge in [-0.1, -0.05) is 13.0 Å². The number of benzene rings is 1. The molecular weight excluding hydrogens is 248 g/mol. The summed E-state index contributed by atoms with van der Waals surface area (Å²) >= 11 is 0. The maximum atomic E-state index is 11.1. The van der Waals surface area contributed by atoms with Gasteiger partial charge in [0.1, 0.15) is 6.10 Å². The van der Waals surface area contributed by atoms with Crippen LogP contribution in [0.25, 0.3) is 0 Å². The van der Waals surface area contributed by atoms with E-state index in [9.17, 15) is 10.1 Å². The largest absolute Gasteiger partial charge is 0.481 e. The molecule has 1 unspecified atom stereocenters. The molecule has 0 amide bonds. The Morgan fingerprint density at radius 1 is 1.58 bits per heavy atom. The van der Waals surface area contributed by atoms with Gasteiger partial charge in [0.05, 0.1) is 18.1 Å². The van der Waals surface area contributed by atoms with Crippen LogP contribution in [-0.2, 0) is 11.3 Å². The van der Waals surface area contributed by atoms with Crippen molar-refractivity contribution in [3.8, 4) is 5.75 Å². The molecule has 0 radical (unpaired) electrons. The molecule has 0 aliphatic carbocycles. The lowest BCUT2D eigenvalue weighted by Gasteiger charge is -2.12. The van der Waals surface area contributed by atoms with E-state index in [2.05, 4.69) is 5.32 Å². The molecule has 6 nitrogen and oxygen atoms in total. The van der Waals surface area contributed by atoms with Crippen molar-refractivity contribution < 1.29 is 14.4 Å². The van der Waals surface area contributed by atoms with Crippen LogP contribution in [0.1, 0.15) is 18.9 Å². The highest BCUT2D eigenvalue weighted by molar-refractivity contribution is 5.48. The molecule has 1 saturated heterocycles. The van der Waals surface area contributed by atoms with E-state index in [0.717, 1.165) is 18.5 Å². The third-order valence-corrected chi connectivity index (χ3v) is 2.98. The van der Waals surface area contributed by atoms with Crippen molar-refractivity contribution in [2.24, 2.45) is 0 Å². The summed E-state index contributed by atoms with van der Waals surface area (Å²) in [6.45, 7) is 4.58. The minimum Gasteiger partial charge on any atom is -0.481 e. The van der Waals surface area contributed by atoms with E-state index in [-0.39, 0.29) is 11.8 Å². The molecule has 1 aromatic carbocycles. The molecule has 0 spiro atoms. The lowest BCUT2D eigenvalue weighted by Crippen LogP contribution is -2.17. The number of rotatable bonds is 6. The van der Waals surface area contributed by atoms with Gasteiger partial charge in [0, 0.05) is 19.0 Å². The minimum absolute atomic E-state index is 0.0160. The average molecular weight is 266 g/mol. The van der Waals surface area contributed by atoms with Gasteiger partial charge in [-0.3, -0.25) is 10.1 Å². The van der Waals surface area contributed by atoms with Crippen LogP contribution >= 0.6 is 0 Å². The van der Waals surface area contributed by atoms with Crippen molar-refractivity contribution in [3.05, 3.63) is 33.9 Å². The van der Waals surface area contributed by atoms with Gasteiger partial charge in [0.2, 0.25) is 0 Å². The molecule has 1 aliphatic heterocycles. The summed E-state index contributed by atoms with van der Waals surface area (Å²) in [7, 11) is 0. The molecule has 1 aromatic rings. The molecule has 19 heavy (non-hydrogen) atoms. The Bertz CT molecular complexity index is 444. The standard InChI is InChI=1S/C13H18N2O4/c1-2-14-8-10-3-4-13(12(7-10)15(16)17)19-11-5-6-18-9-11/h3-4,7,11,14H,2,5-6,8-9H2,1H3. The second kappa shape index (κ2) is 6.49. The number of nitro groups is 1. The molecule has 0 aromatic heterocycles. The Balaban J connectivity index is 2.14. The Kier molecular flexibility index (Phi) is 4.70. The van der Waals surface area contributed by atoms with E-state index in [0.29, 0.717) is 25.5 Å². The van der Waals surface area contributed by atoms with Crippen LogP contribution in [0.2, 0.25) is 0 Å². The van der Waals surface area contributed by atoms with Crippen LogP contribution in [0, 0.1) is 10.1 Å². The predicted octanol–water partition coefficient (Wildman–Crippen LogP) is 1.87. The number of nitro benzene ring substituents is 1. The molecule has 0 bridgehead atoms. The molecular formula is C13H18N2O4. The van der Waals surface area contributed by atoms with Crippen molar-refractivity contribution in [1.82, 2.24) is 5.32 Å². The van der Waals surface area contributed by atoms with Crippen LogP contribution in [0.15, 0.2) is 18.2 Å². The predicted molar refractivity (Wildman–Crippen MR) is 70.3 cm³/mol. The van der Waals surface area contributed by atoms with Crippen molar-refractivity contribution in [2.75, 3.05) is 19.8 Å². The van der Waals surface area contributed by atoms with Gasteiger partial charge in [0.25, 0.3) is 0 Å². The number of ether oxygens (including phenoxy) is 2. The van der Waals surface area contributed by atoms with E-state index in [1.54, 1.807) is 12.1 Å². The summed E-state index contributed by atoms with van der Waals surface area (Å²) in [4.78, 5) is 10.7. The van der Waals surface area contributed by atoms with E-state index >= 15 is 0 Å². The Hall–Kier alpha value is -1.66. The first kappa shape index (κ1) is 13.8. The fourth-order valence-corrected chi connectivity index (χ4v) is 1.97. The first-order chi connectivity index (χ1) is 9.20. The second-order valence-electron chi connectivity index (χ2n) is 4.44. The first-order valence-corrected chi connectivity index (χ1v) is 6.43. The van der Waals surface area contributed by atoms with Gasteiger partial charge >= 0.3 is 5.69 Å². The summed E-state index contributed by atoms with van der Waals surface area (Å²) in [5.74, 6) is 0.320. The SMILES string of the molecule is CCNCc1ccc(OC2CCOC2)c([N+](=O)[O-])c1. The van der Waals surface area contributed by atoms with E-state index in [1.165, 1.54) is 0 Å². The van der Waals surface area contributed by atoms with Gasteiger partial charge in [-0.15, -0.1) is 0 Å². The highest BCUT2D eigenvalue weighted by Gasteiger charge is 2.22. The van der Waals surface area contributed by atoms with Crippen molar-refractivity contribution in [3.63, 3.8) is 0 Å². The van der Waals surface area contributed by atoms with Gasteiger partial charge in [-0.05, 0) is 18.2 Å². The number of hydrogen-bond acceptors (Lipinski definition) is 5. The first-order valence-electron chi connectivity index (χ1n) is 6.43. The number of nitrogens with one attached hydrogen (secondary N) is 1. The minimum atomic E-state index is -0.402. The Morgan fingerprint density at radius 3 is 3.05 bits per heavy atom. The molecule has 1 N–H and O–H groups in total. The van der Waals surface area contributed by atoms with Crippen LogP contribution < -0.4 is 10.1 Å². The van der Waals surface area contributed by atoms with Gasteiger partial charge in [0.15, 0.2) is 5.75 Å². The third kappa shape index (κ3) is 3.65. The van der Waals surface area contributed by atoms with Gasteiger partial charge in [-0.2, -0.15) is 0 Å². The zero-order valence-electron chi connectivity index (χ0n) is 10.9. The average Bonchev–Trinajstić information content (AvgIpc) is 2.90. The molecule has 1 aliphatic rings. The summed E-state index contributed by atoms with van der Waals surface area (Å²) in [6, 6.07) is 5.08. The zero-order valence-corrected chi connectivity index (χ0v) is 10.9. The van der Waals surface area contributed by atoms with E-state index in [1.807, 2.05) is 13.0 Å². The highest BCUT2D eigenvalue weighted by Crippen LogP contribution is 2.30. The maximum Gasteiger partial charge on any atom is 0.311 e. The lowest BCUT2D eigenvalue weighted by atomic mass is 10.2. The summed E-state index contributed by atoms with van der Waals surface area (Å²) < 4.78 is 10.8. The summed E-state index contributed by atoms with van der Waals surface area (Å²) in [6.07, 6.45) is 0.689. The highest BCUT2D eigenvalue weighted by atomic mass is 16.6. The van der Waals surface area contributed by atoms with E-state index in [4.69, 9.17) is 9.47 Å². The topological polar surface area (TPSA) is 73.6 Å². The summed E-state index contributed by atoms with van der Waals surface area (Å²) in [5.41, 5.74) is 0.894. The monoisotopic (exact) mass is 266 g/mol. The number of nitrogens with zero attached hydrogens (tertiary/aromatic N) is 1. The van der Waals surface area contributed by atoms with Crippen LogP contribution in [-0.4, -0.2) is 30.8 Å². The van der Waals surface area contributed by atoms with Gasteiger partial charge < -0.3 is 14.8 Å². The van der Waals surface area contributed by atoms with E-state index < -0.39 is 4.92 Å². The van der Waals surface area contributed by atoms with Gasteiger partial charge in [-0.25, -0.2) is 0 Å². The van der Waals surface area contributed by atoms with Crippen LogP contribution in [0.4, 0.5) is 5.69 Å². The molecule has 2 rings (SSSR count). The molecule has 1 heterocycles. The smallest absolute Gasteiger partial charge is 0.311 e. The molecule has 1 atom stereocenters. The quantitative estimate of drug-likeness (QED) is 0.628. The summed E-state index contributed by atoms with van der Waals surface area (Å²) in [5, 5.41) is 14.2. The fraction of sp³-hybridized carbons (Fsp3) is 0.538. The Labute approximate surface area is 111 Å². The third-order valence-electron chi connectivity index (χ3n) is 2.98. The maximum absolute atomic E-state index is 11.1. The normalized spacial score (nSPS) is 18.5. The van der Waals surface area contributed by atoms with Crippen LogP contribution in [0.3, 0.4) is 0 Å². The second-order valence-corrected chi connectivity index (χ2v) is 4.44. The van der Waals surface area contributed by atoms with Crippen molar-refractivity contribution in [2.45, 2.75) is 26.0 Å². The molecule has 1 fully saturated rings. The Morgan fingerprint density at radius 2 is 2.42 bits per heavy atom. The lowest BCUT2D eigenvalue weighted by molar-refractivity contribution is -0.386. The fourth-order valence-electron chi connectivity index (χ4n) is 1.97. The van der Waals surface area contributed by atoms with Crippen molar-refractivity contribution >= 4 is 5.69 Å². The zero-order chi connectivity index (χ0) is 13.7.